The lowest BCUT2D eigenvalue weighted by atomic mass is 9.99. The Labute approximate surface area is 215 Å². The Bertz CT molecular complexity index is 793. The fraction of sp³-hybridized carbons (Fsp3) is 0.655. The third-order valence-electron chi connectivity index (χ3n) is 6.58. The van der Waals surface area contributed by atoms with Crippen molar-refractivity contribution >= 4 is 23.8 Å². The summed E-state index contributed by atoms with van der Waals surface area (Å²) in [6.45, 7) is 2.28. The summed E-state index contributed by atoms with van der Waals surface area (Å²) in [5.74, 6) is -3.89. The van der Waals surface area contributed by atoms with Crippen molar-refractivity contribution in [3.63, 3.8) is 0 Å². The van der Waals surface area contributed by atoms with Gasteiger partial charge in [0.1, 0.15) is 6.61 Å². The van der Waals surface area contributed by atoms with Crippen LogP contribution >= 0.6 is 0 Å². The summed E-state index contributed by atoms with van der Waals surface area (Å²) in [5, 5.41) is 0.490. The number of ether oxygens (including phenoxy) is 1. The van der Waals surface area contributed by atoms with Crippen LogP contribution in [0.1, 0.15) is 115 Å². The molecule has 1 atom stereocenters. The first-order valence-corrected chi connectivity index (χ1v) is 13.8. The predicted octanol–water partition coefficient (Wildman–Crippen LogP) is 6.43. The smallest absolute Gasteiger partial charge is 0.347 e. The topological polar surface area (TPSA) is 90.0 Å². The third kappa shape index (κ3) is 11.4. The molecule has 0 N–H and O–H groups in total. The number of carbonyl (C=O) groups is 4. The summed E-state index contributed by atoms with van der Waals surface area (Å²) in [7, 11) is 0. The van der Waals surface area contributed by atoms with E-state index < -0.39 is 29.7 Å². The monoisotopic (exact) mass is 501 g/mol. The average molecular weight is 502 g/mol. The van der Waals surface area contributed by atoms with Crippen molar-refractivity contribution in [2.45, 2.75) is 116 Å². The lowest BCUT2D eigenvalue weighted by Crippen LogP contribution is -2.37. The molecule has 0 spiro atoms. The second-order valence-corrected chi connectivity index (χ2v) is 9.67. The highest BCUT2D eigenvalue weighted by Crippen LogP contribution is 2.20. The van der Waals surface area contributed by atoms with Gasteiger partial charge in [0.15, 0.2) is 5.92 Å². The molecular formula is C29H43NO6. The van der Waals surface area contributed by atoms with Crippen molar-refractivity contribution in [1.29, 1.82) is 0 Å². The Morgan fingerprint density at radius 2 is 1.25 bits per heavy atom. The van der Waals surface area contributed by atoms with Gasteiger partial charge >= 0.3 is 11.9 Å². The van der Waals surface area contributed by atoms with Crippen molar-refractivity contribution in [1.82, 2.24) is 5.06 Å². The van der Waals surface area contributed by atoms with Gasteiger partial charge in [-0.15, -0.1) is 5.06 Å². The Balaban J connectivity index is 1.71. The van der Waals surface area contributed by atoms with Crippen LogP contribution in [0.2, 0.25) is 0 Å². The normalized spacial score (nSPS) is 14.2. The maximum Gasteiger partial charge on any atom is 0.347 e. The maximum atomic E-state index is 12.7. The first kappa shape index (κ1) is 29.5. The minimum absolute atomic E-state index is 0.00803. The van der Waals surface area contributed by atoms with Gasteiger partial charge in [0, 0.05) is 12.8 Å². The van der Waals surface area contributed by atoms with Crippen LogP contribution in [0.25, 0.3) is 0 Å². The van der Waals surface area contributed by atoms with E-state index in [9.17, 15) is 19.2 Å². The van der Waals surface area contributed by atoms with Gasteiger partial charge in [0.2, 0.25) is 0 Å². The zero-order chi connectivity index (χ0) is 26.0. The van der Waals surface area contributed by atoms with E-state index in [1.165, 1.54) is 57.8 Å². The molecule has 1 saturated heterocycles. The van der Waals surface area contributed by atoms with Gasteiger partial charge in [-0.3, -0.25) is 14.4 Å². The summed E-state index contributed by atoms with van der Waals surface area (Å²) in [4.78, 5) is 54.1. The van der Waals surface area contributed by atoms with E-state index in [0.717, 1.165) is 24.8 Å². The molecule has 36 heavy (non-hydrogen) atoms. The number of hydrogen-bond acceptors (Lipinski definition) is 6. The first-order chi connectivity index (χ1) is 17.5. The van der Waals surface area contributed by atoms with Crippen molar-refractivity contribution in [2.75, 3.05) is 0 Å². The van der Waals surface area contributed by atoms with E-state index in [1.54, 1.807) is 0 Å². The van der Waals surface area contributed by atoms with Crippen LogP contribution in [0.15, 0.2) is 30.3 Å². The van der Waals surface area contributed by atoms with Crippen LogP contribution in [0.4, 0.5) is 0 Å². The van der Waals surface area contributed by atoms with Crippen LogP contribution in [0.3, 0.4) is 0 Å². The fourth-order valence-corrected chi connectivity index (χ4v) is 4.34. The summed E-state index contributed by atoms with van der Waals surface area (Å²) in [6, 6.07) is 9.20. The van der Waals surface area contributed by atoms with E-state index in [0.29, 0.717) is 11.5 Å². The van der Waals surface area contributed by atoms with Gasteiger partial charge in [-0.05, 0) is 12.0 Å². The molecule has 1 aliphatic rings. The van der Waals surface area contributed by atoms with Gasteiger partial charge in [-0.1, -0.05) is 121 Å². The Hall–Kier alpha value is -2.70. The number of esters is 1. The SMILES string of the molecule is CCCCCCCCCCCCCCCC(C(=O)OCc1ccccc1)C(=O)ON1C(=O)CCC1=O. The maximum absolute atomic E-state index is 12.7. The Kier molecular flexibility index (Phi) is 14.5. The highest BCUT2D eigenvalue weighted by Gasteiger charge is 2.37. The largest absolute Gasteiger partial charge is 0.460 e. The standard InChI is InChI=1S/C29H43NO6/c1-2-3-4-5-6-7-8-9-10-11-12-13-17-20-25(28(33)35-23-24-18-15-14-16-19-24)29(34)36-30-26(31)21-22-27(30)32/h14-16,18-19,25H,2-13,17,20-23H2,1H3. The first-order valence-electron chi connectivity index (χ1n) is 13.8. The number of nitrogens with zero attached hydrogens (tertiary/aromatic N) is 1. The van der Waals surface area contributed by atoms with E-state index >= 15 is 0 Å². The van der Waals surface area contributed by atoms with Crippen LogP contribution in [0.5, 0.6) is 0 Å². The average Bonchev–Trinajstić information content (AvgIpc) is 3.20. The molecule has 0 radical (unpaired) electrons. The second kappa shape index (κ2) is 17.7. The lowest BCUT2D eigenvalue weighted by Gasteiger charge is -2.18. The van der Waals surface area contributed by atoms with Gasteiger partial charge in [-0.2, -0.15) is 0 Å². The molecule has 1 fully saturated rings. The molecule has 1 aromatic rings. The molecule has 2 rings (SSSR count). The molecule has 0 saturated carbocycles. The van der Waals surface area contributed by atoms with Gasteiger partial charge in [0.25, 0.3) is 11.8 Å². The zero-order valence-electron chi connectivity index (χ0n) is 21.9. The van der Waals surface area contributed by atoms with E-state index in [-0.39, 0.29) is 25.9 Å². The highest BCUT2D eigenvalue weighted by atomic mass is 16.7. The van der Waals surface area contributed by atoms with Gasteiger partial charge in [0.05, 0.1) is 0 Å². The van der Waals surface area contributed by atoms with E-state index in [1.807, 2.05) is 30.3 Å². The van der Waals surface area contributed by atoms with E-state index in [4.69, 9.17) is 9.57 Å². The molecule has 7 nitrogen and oxygen atoms in total. The molecule has 1 unspecified atom stereocenters. The Morgan fingerprint density at radius 3 is 1.78 bits per heavy atom. The highest BCUT2D eigenvalue weighted by molar-refractivity contribution is 6.03. The number of rotatable bonds is 19. The van der Waals surface area contributed by atoms with Crippen LogP contribution < -0.4 is 0 Å². The fourth-order valence-electron chi connectivity index (χ4n) is 4.34. The van der Waals surface area contributed by atoms with Crippen LogP contribution in [0, 0.1) is 5.92 Å². The van der Waals surface area contributed by atoms with Crippen LogP contribution in [-0.4, -0.2) is 28.8 Å². The number of carbonyl (C=O) groups excluding carboxylic acids is 4. The third-order valence-corrected chi connectivity index (χ3v) is 6.58. The Morgan fingerprint density at radius 1 is 0.750 bits per heavy atom. The van der Waals surface area contributed by atoms with Crippen molar-refractivity contribution < 1.29 is 28.8 Å². The van der Waals surface area contributed by atoms with Gasteiger partial charge < -0.3 is 9.57 Å². The predicted molar refractivity (Wildman–Crippen MR) is 137 cm³/mol. The number of hydroxylamine groups is 2. The molecule has 200 valence electrons. The number of benzene rings is 1. The van der Waals surface area contributed by atoms with Crippen molar-refractivity contribution in [3.05, 3.63) is 35.9 Å². The van der Waals surface area contributed by atoms with Crippen molar-refractivity contribution in [3.8, 4) is 0 Å². The number of unbranched alkanes of at least 4 members (excludes halogenated alkanes) is 12. The van der Waals surface area contributed by atoms with Crippen molar-refractivity contribution in [2.24, 2.45) is 5.92 Å². The molecule has 1 aliphatic heterocycles. The minimum atomic E-state index is -1.16. The summed E-state index contributed by atoms with van der Waals surface area (Å²) >= 11 is 0. The zero-order valence-corrected chi connectivity index (χ0v) is 21.9. The number of imide groups is 1. The molecule has 0 aliphatic carbocycles. The summed E-state index contributed by atoms with van der Waals surface area (Å²) < 4.78 is 5.37. The summed E-state index contributed by atoms with van der Waals surface area (Å²) in [5.41, 5.74) is 0.809. The molecule has 7 heteroatoms. The quantitative estimate of drug-likeness (QED) is 0.0938. The molecule has 1 aromatic carbocycles. The molecule has 0 aromatic heterocycles. The molecule has 0 bridgehead atoms. The number of hydrogen-bond donors (Lipinski definition) is 0. The molecular weight excluding hydrogens is 458 g/mol. The molecule has 1 heterocycles. The van der Waals surface area contributed by atoms with Crippen LogP contribution in [-0.2, 0) is 35.4 Å². The lowest BCUT2D eigenvalue weighted by molar-refractivity contribution is -0.203. The second-order valence-electron chi connectivity index (χ2n) is 9.67. The van der Waals surface area contributed by atoms with Gasteiger partial charge in [-0.25, -0.2) is 4.79 Å². The molecule has 2 amide bonds. The number of amides is 2. The minimum Gasteiger partial charge on any atom is -0.460 e. The van der Waals surface area contributed by atoms with E-state index in [2.05, 4.69) is 6.92 Å². The summed E-state index contributed by atoms with van der Waals surface area (Å²) in [6.07, 6.45) is 15.8.